The van der Waals surface area contributed by atoms with Crippen LogP contribution in [0.2, 0.25) is 0 Å². The Balaban J connectivity index is 1.85. The van der Waals surface area contributed by atoms with Crippen LogP contribution in [0.4, 0.5) is 5.82 Å². The highest BCUT2D eigenvalue weighted by molar-refractivity contribution is 7.09. The first-order valence-electron chi connectivity index (χ1n) is 5.34. The van der Waals surface area contributed by atoms with Crippen LogP contribution in [0, 0.1) is 0 Å². The van der Waals surface area contributed by atoms with Crippen molar-refractivity contribution >= 4 is 23.1 Å². The molecular formula is C11H12N4O2S. The fourth-order valence-electron chi connectivity index (χ4n) is 1.31. The van der Waals surface area contributed by atoms with E-state index in [1.54, 1.807) is 29.7 Å². The molecule has 0 aliphatic heterocycles. The molecule has 0 unspecified atom stereocenters. The van der Waals surface area contributed by atoms with Crippen LogP contribution in [0.25, 0.3) is 0 Å². The molecule has 2 heterocycles. The lowest BCUT2D eigenvalue weighted by Gasteiger charge is -2.03. The average Bonchev–Trinajstić information content (AvgIpc) is 2.92. The Morgan fingerprint density at radius 1 is 1.44 bits per heavy atom. The predicted molar refractivity (Wildman–Crippen MR) is 67.7 cm³/mol. The number of rotatable bonds is 5. The molecule has 2 aromatic rings. The fraction of sp³-hybridized carbons (Fsp3) is 0.273. The van der Waals surface area contributed by atoms with Gasteiger partial charge < -0.3 is 10.1 Å². The molecular weight excluding hydrogens is 252 g/mol. The van der Waals surface area contributed by atoms with Crippen molar-refractivity contribution in [2.45, 2.75) is 6.42 Å². The summed E-state index contributed by atoms with van der Waals surface area (Å²) in [4.78, 5) is 15.3. The third kappa shape index (κ3) is 3.24. The summed E-state index contributed by atoms with van der Waals surface area (Å²) in [7, 11) is 1.31. The van der Waals surface area contributed by atoms with Gasteiger partial charge in [-0.3, -0.25) is 0 Å². The molecule has 18 heavy (non-hydrogen) atoms. The molecule has 1 N–H and O–H groups in total. The zero-order valence-corrected chi connectivity index (χ0v) is 10.6. The van der Waals surface area contributed by atoms with Gasteiger partial charge in [0.05, 0.1) is 12.1 Å². The normalized spacial score (nSPS) is 10.1. The minimum absolute atomic E-state index is 0.197. The molecule has 0 atom stereocenters. The van der Waals surface area contributed by atoms with E-state index in [1.807, 2.05) is 5.38 Å². The topological polar surface area (TPSA) is 77.0 Å². The summed E-state index contributed by atoms with van der Waals surface area (Å²) in [5, 5.41) is 13.8. The average molecular weight is 264 g/mol. The van der Waals surface area contributed by atoms with Gasteiger partial charge >= 0.3 is 5.97 Å². The first-order chi connectivity index (χ1) is 8.79. The third-order valence-corrected chi connectivity index (χ3v) is 3.03. The van der Waals surface area contributed by atoms with E-state index in [9.17, 15) is 4.79 Å². The maximum Gasteiger partial charge on any atom is 0.358 e. The lowest BCUT2D eigenvalue weighted by atomic mass is 10.4. The fourth-order valence-corrected chi connectivity index (χ4v) is 1.93. The molecule has 7 heteroatoms. The second-order valence-electron chi connectivity index (χ2n) is 3.40. The Morgan fingerprint density at radius 3 is 2.94 bits per heavy atom. The van der Waals surface area contributed by atoms with Gasteiger partial charge in [-0.25, -0.2) is 9.78 Å². The molecule has 0 saturated carbocycles. The first-order valence-corrected chi connectivity index (χ1v) is 6.22. The molecule has 0 aliphatic rings. The number of carbonyl (C=O) groups excluding carboxylic acids is 1. The maximum absolute atomic E-state index is 11.1. The summed E-state index contributed by atoms with van der Waals surface area (Å²) >= 11 is 1.62. The molecule has 0 aliphatic carbocycles. The molecule has 6 nitrogen and oxygen atoms in total. The van der Waals surface area contributed by atoms with Crippen molar-refractivity contribution in [1.29, 1.82) is 0 Å². The van der Waals surface area contributed by atoms with Gasteiger partial charge in [0, 0.05) is 24.5 Å². The van der Waals surface area contributed by atoms with Gasteiger partial charge in [-0.1, -0.05) is 0 Å². The minimum Gasteiger partial charge on any atom is -0.464 e. The molecule has 0 fully saturated rings. The number of hydrogen-bond donors (Lipinski definition) is 1. The van der Waals surface area contributed by atoms with Crippen molar-refractivity contribution in [2.75, 3.05) is 19.0 Å². The Kier molecular flexibility index (Phi) is 4.19. The summed E-state index contributed by atoms with van der Waals surface area (Å²) in [5.41, 5.74) is 0.197. The highest BCUT2D eigenvalue weighted by Crippen LogP contribution is 2.06. The molecule has 2 aromatic heterocycles. The number of methoxy groups -OCH3 is 1. The molecule has 0 bridgehead atoms. The molecule has 2 rings (SSSR count). The van der Waals surface area contributed by atoms with Crippen LogP contribution in [0.3, 0.4) is 0 Å². The molecule has 0 radical (unpaired) electrons. The highest BCUT2D eigenvalue weighted by Gasteiger charge is 2.07. The number of thiazole rings is 1. The summed E-state index contributed by atoms with van der Waals surface area (Å²) < 4.78 is 4.54. The van der Waals surface area contributed by atoms with Gasteiger partial charge in [-0.2, -0.15) is 0 Å². The van der Waals surface area contributed by atoms with E-state index in [1.165, 1.54) is 7.11 Å². The zero-order chi connectivity index (χ0) is 12.8. The number of nitrogens with zero attached hydrogens (tertiary/aromatic N) is 3. The standard InChI is InChI=1S/C11H12N4O2S/c1-17-11(16)8-2-3-9(15-14-8)12-5-4-10-13-6-7-18-10/h2-3,6-7H,4-5H2,1H3,(H,12,15). The van der Waals surface area contributed by atoms with Gasteiger partial charge in [-0.05, 0) is 12.1 Å². The van der Waals surface area contributed by atoms with Gasteiger partial charge in [0.25, 0.3) is 0 Å². The van der Waals surface area contributed by atoms with Crippen LogP contribution in [0.1, 0.15) is 15.5 Å². The minimum atomic E-state index is -0.489. The van der Waals surface area contributed by atoms with E-state index in [4.69, 9.17) is 0 Å². The summed E-state index contributed by atoms with van der Waals surface area (Å²) in [6.07, 6.45) is 2.61. The molecule has 0 amide bonds. The van der Waals surface area contributed by atoms with E-state index in [0.29, 0.717) is 5.82 Å². The van der Waals surface area contributed by atoms with E-state index in [2.05, 4.69) is 25.2 Å². The highest BCUT2D eigenvalue weighted by atomic mass is 32.1. The number of esters is 1. The van der Waals surface area contributed by atoms with Gasteiger partial charge in [0.15, 0.2) is 5.69 Å². The van der Waals surface area contributed by atoms with E-state index in [0.717, 1.165) is 18.0 Å². The number of aromatic nitrogens is 3. The third-order valence-electron chi connectivity index (χ3n) is 2.19. The molecule has 0 aromatic carbocycles. The van der Waals surface area contributed by atoms with Gasteiger partial charge in [0.1, 0.15) is 5.82 Å². The molecule has 0 saturated heterocycles. The van der Waals surface area contributed by atoms with Crippen LogP contribution < -0.4 is 5.32 Å². The SMILES string of the molecule is COC(=O)c1ccc(NCCc2nccs2)nn1. The quantitative estimate of drug-likeness (QED) is 0.822. The van der Waals surface area contributed by atoms with Gasteiger partial charge in [-0.15, -0.1) is 21.5 Å². The Labute approximate surface area is 108 Å². The largest absolute Gasteiger partial charge is 0.464 e. The van der Waals surface area contributed by atoms with Crippen LogP contribution in [0.5, 0.6) is 0 Å². The summed E-state index contributed by atoms with van der Waals surface area (Å²) in [5.74, 6) is 0.135. The number of ether oxygens (including phenoxy) is 1. The lowest BCUT2D eigenvalue weighted by molar-refractivity contribution is 0.0593. The number of carbonyl (C=O) groups is 1. The van der Waals surface area contributed by atoms with Crippen LogP contribution in [0.15, 0.2) is 23.7 Å². The second-order valence-corrected chi connectivity index (χ2v) is 4.38. The van der Waals surface area contributed by atoms with E-state index >= 15 is 0 Å². The zero-order valence-electron chi connectivity index (χ0n) is 9.79. The van der Waals surface area contributed by atoms with Crippen molar-refractivity contribution < 1.29 is 9.53 Å². The van der Waals surface area contributed by atoms with Crippen molar-refractivity contribution in [3.05, 3.63) is 34.4 Å². The summed E-state index contributed by atoms with van der Waals surface area (Å²) in [6.45, 7) is 0.722. The molecule has 0 spiro atoms. The summed E-state index contributed by atoms with van der Waals surface area (Å²) in [6, 6.07) is 3.27. The molecule has 94 valence electrons. The monoisotopic (exact) mass is 264 g/mol. The Morgan fingerprint density at radius 2 is 2.33 bits per heavy atom. The predicted octanol–water partition coefficient (Wildman–Crippen LogP) is 1.37. The number of nitrogens with one attached hydrogen (secondary N) is 1. The van der Waals surface area contributed by atoms with Crippen molar-refractivity contribution in [2.24, 2.45) is 0 Å². The number of hydrogen-bond acceptors (Lipinski definition) is 7. The Bertz CT molecular complexity index is 498. The Hall–Kier alpha value is -2.02. The van der Waals surface area contributed by atoms with Crippen LogP contribution >= 0.6 is 11.3 Å². The first kappa shape index (κ1) is 12.4. The smallest absolute Gasteiger partial charge is 0.358 e. The van der Waals surface area contributed by atoms with Crippen LogP contribution in [-0.2, 0) is 11.2 Å². The lowest BCUT2D eigenvalue weighted by Crippen LogP contribution is -2.09. The van der Waals surface area contributed by atoms with Crippen LogP contribution in [-0.4, -0.2) is 34.8 Å². The second kappa shape index (κ2) is 6.06. The van der Waals surface area contributed by atoms with Crippen molar-refractivity contribution in [3.8, 4) is 0 Å². The van der Waals surface area contributed by atoms with Crippen molar-refractivity contribution in [3.63, 3.8) is 0 Å². The van der Waals surface area contributed by atoms with Gasteiger partial charge in [0.2, 0.25) is 0 Å². The van der Waals surface area contributed by atoms with E-state index in [-0.39, 0.29) is 5.69 Å². The van der Waals surface area contributed by atoms with Crippen molar-refractivity contribution in [1.82, 2.24) is 15.2 Å². The maximum atomic E-state index is 11.1. The number of anilines is 1. The van der Waals surface area contributed by atoms with E-state index < -0.39 is 5.97 Å².